The van der Waals surface area contributed by atoms with Crippen molar-refractivity contribution in [3.63, 3.8) is 0 Å². The maximum absolute atomic E-state index is 12.1. The average molecular weight is 321 g/mol. The molecular weight excluding hydrogens is 312 g/mol. The number of aromatic nitrogens is 3. The van der Waals surface area contributed by atoms with E-state index >= 15 is 0 Å². The van der Waals surface area contributed by atoms with Crippen LogP contribution in [-0.4, -0.2) is 23.8 Å². The first-order valence-electron chi connectivity index (χ1n) is 4.56. The molecule has 0 bridgehead atoms. The van der Waals surface area contributed by atoms with E-state index in [1.165, 1.54) is 13.1 Å². The van der Waals surface area contributed by atoms with E-state index in [4.69, 9.17) is 4.52 Å². The molecule has 0 saturated carbocycles. The Labute approximate surface area is 106 Å². The van der Waals surface area contributed by atoms with Gasteiger partial charge in [0, 0.05) is 0 Å². The maximum Gasteiger partial charge on any atom is 0.268 e. The molecule has 0 unspecified atom stereocenters. The summed E-state index contributed by atoms with van der Waals surface area (Å²) < 4.78 is 31.9. The molecule has 0 radical (unpaired) electrons. The Morgan fingerprint density at radius 2 is 2.18 bits per heavy atom. The topological polar surface area (TPSA) is 101 Å². The smallest absolute Gasteiger partial charge is 0.268 e. The Bertz CT molecular complexity index is 626. The van der Waals surface area contributed by atoms with E-state index in [-0.39, 0.29) is 16.5 Å². The highest BCUT2D eigenvalue weighted by Crippen LogP contribution is 2.25. The van der Waals surface area contributed by atoms with Crippen molar-refractivity contribution in [2.24, 2.45) is 0 Å². The van der Waals surface area contributed by atoms with Crippen molar-refractivity contribution in [1.82, 2.24) is 15.4 Å². The quantitative estimate of drug-likeness (QED) is 0.894. The first kappa shape index (κ1) is 12.1. The highest BCUT2D eigenvalue weighted by molar-refractivity contribution is 9.10. The largest absolute Gasteiger partial charge is 0.360 e. The summed E-state index contributed by atoms with van der Waals surface area (Å²) >= 11 is 3.16. The van der Waals surface area contributed by atoms with Crippen LogP contribution in [0, 0.1) is 13.8 Å². The van der Waals surface area contributed by atoms with Gasteiger partial charge in [0.15, 0.2) is 10.7 Å². The number of nitrogens with zero attached hydrogens (tertiary/aromatic N) is 2. The maximum atomic E-state index is 12.1. The summed E-state index contributed by atoms with van der Waals surface area (Å²) in [5, 5.41) is 9.82. The molecule has 0 saturated heterocycles. The molecule has 0 spiro atoms. The second-order valence-corrected chi connectivity index (χ2v) is 5.83. The van der Waals surface area contributed by atoms with Crippen molar-refractivity contribution in [3.05, 3.63) is 22.1 Å². The Morgan fingerprint density at radius 3 is 2.65 bits per heavy atom. The first-order chi connectivity index (χ1) is 7.92. The standard InChI is InChI=1S/C8H9BrN4O3S/c1-4-7(5(2)16-12-4)17(14,15)13-8-6(9)3-10-11-8/h3H,1-2H3,(H2,10,11,13). The van der Waals surface area contributed by atoms with Crippen LogP contribution in [0.3, 0.4) is 0 Å². The fourth-order valence-corrected chi connectivity index (χ4v) is 3.18. The van der Waals surface area contributed by atoms with Gasteiger partial charge in [0.25, 0.3) is 10.0 Å². The van der Waals surface area contributed by atoms with Gasteiger partial charge in [0.05, 0.1) is 10.7 Å². The molecule has 17 heavy (non-hydrogen) atoms. The lowest BCUT2D eigenvalue weighted by molar-refractivity contribution is 0.390. The van der Waals surface area contributed by atoms with Crippen molar-refractivity contribution in [2.45, 2.75) is 18.7 Å². The number of rotatable bonds is 3. The Balaban J connectivity index is 2.42. The third-order valence-corrected chi connectivity index (χ3v) is 4.26. The number of aryl methyl sites for hydroxylation is 2. The van der Waals surface area contributed by atoms with Crippen molar-refractivity contribution in [2.75, 3.05) is 4.72 Å². The molecule has 0 aliphatic heterocycles. The van der Waals surface area contributed by atoms with Gasteiger partial charge in [-0.15, -0.1) is 0 Å². The zero-order valence-corrected chi connectivity index (χ0v) is 11.4. The fourth-order valence-electron chi connectivity index (χ4n) is 1.39. The second kappa shape index (κ2) is 4.15. The molecule has 2 rings (SSSR count). The normalized spacial score (nSPS) is 11.7. The van der Waals surface area contributed by atoms with Gasteiger partial charge in [-0.2, -0.15) is 5.10 Å². The monoisotopic (exact) mass is 320 g/mol. The molecule has 0 amide bonds. The summed E-state index contributed by atoms with van der Waals surface area (Å²) in [6, 6.07) is 0. The molecule has 9 heteroatoms. The summed E-state index contributed by atoms with van der Waals surface area (Å²) in [5.41, 5.74) is 0.311. The van der Waals surface area contributed by atoms with Gasteiger partial charge in [-0.25, -0.2) is 8.42 Å². The molecule has 0 aliphatic carbocycles. The van der Waals surface area contributed by atoms with Gasteiger partial charge < -0.3 is 4.52 Å². The highest BCUT2D eigenvalue weighted by Gasteiger charge is 2.25. The molecular formula is C8H9BrN4O3S. The summed E-state index contributed by atoms with van der Waals surface area (Å²) in [4.78, 5) is 0.0407. The van der Waals surface area contributed by atoms with E-state index in [1.54, 1.807) is 6.92 Å². The minimum Gasteiger partial charge on any atom is -0.360 e. The predicted octanol–water partition coefficient (Wildman–Crippen LogP) is 1.58. The summed E-state index contributed by atoms with van der Waals surface area (Å²) in [7, 11) is -3.73. The second-order valence-electron chi connectivity index (χ2n) is 3.35. The predicted molar refractivity (Wildman–Crippen MR) is 63.1 cm³/mol. The summed E-state index contributed by atoms with van der Waals surface area (Å²) in [6.07, 6.45) is 1.45. The number of nitrogens with one attached hydrogen (secondary N) is 2. The van der Waals surface area contributed by atoms with Gasteiger partial charge >= 0.3 is 0 Å². The third-order valence-electron chi connectivity index (χ3n) is 2.07. The molecule has 2 aromatic heterocycles. The van der Waals surface area contributed by atoms with Crippen LogP contribution in [0.2, 0.25) is 0 Å². The lowest BCUT2D eigenvalue weighted by Gasteiger charge is -2.05. The van der Waals surface area contributed by atoms with Crippen LogP contribution in [0.4, 0.5) is 5.82 Å². The van der Waals surface area contributed by atoms with Gasteiger partial charge in [0.2, 0.25) is 0 Å². The van der Waals surface area contributed by atoms with Crippen LogP contribution in [0.15, 0.2) is 20.1 Å². The molecule has 2 N–H and O–H groups in total. The van der Waals surface area contributed by atoms with Gasteiger partial charge in [0.1, 0.15) is 11.5 Å². The number of sulfonamides is 1. The molecule has 7 nitrogen and oxygen atoms in total. The summed E-state index contributed by atoms with van der Waals surface area (Å²) in [5.74, 6) is 0.496. The SMILES string of the molecule is Cc1noc(C)c1S(=O)(=O)Nc1[nH]ncc1Br. The number of anilines is 1. The number of hydrogen-bond donors (Lipinski definition) is 2. The van der Waals surface area contributed by atoms with Crippen LogP contribution >= 0.6 is 15.9 Å². The molecule has 0 fully saturated rings. The van der Waals surface area contributed by atoms with E-state index in [0.29, 0.717) is 10.2 Å². The van der Waals surface area contributed by atoms with E-state index in [9.17, 15) is 8.42 Å². The molecule has 0 aromatic carbocycles. The number of aromatic amines is 1. The van der Waals surface area contributed by atoms with Crippen molar-refractivity contribution >= 4 is 31.8 Å². The minimum atomic E-state index is -3.73. The van der Waals surface area contributed by atoms with Crippen molar-refractivity contribution < 1.29 is 12.9 Å². The number of hydrogen-bond acceptors (Lipinski definition) is 5. The lowest BCUT2D eigenvalue weighted by atomic mass is 10.4. The number of halogens is 1. The van der Waals surface area contributed by atoms with Gasteiger partial charge in [-0.05, 0) is 29.8 Å². The minimum absolute atomic E-state index is 0.0407. The molecule has 0 aliphatic rings. The van der Waals surface area contributed by atoms with Crippen LogP contribution < -0.4 is 4.72 Å². The first-order valence-corrected chi connectivity index (χ1v) is 6.84. The van der Waals surface area contributed by atoms with E-state index in [0.717, 1.165) is 0 Å². The molecule has 92 valence electrons. The van der Waals surface area contributed by atoms with E-state index in [2.05, 4.69) is 36.0 Å². The zero-order valence-electron chi connectivity index (χ0n) is 8.98. The van der Waals surface area contributed by atoms with Crippen LogP contribution in [0.5, 0.6) is 0 Å². The van der Waals surface area contributed by atoms with Crippen molar-refractivity contribution in [1.29, 1.82) is 0 Å². The molecule has 0 atom stereocenters. The van der Waals surface area contributed by atoms with Crippen LogP contribution in [0.25, 0.3) is 0 Å². The van der Waals surface area contributed by atoms with Crippen LogP contribution in [0.1, 0.15) is 11.5 Å². The third kappa shape index (κ3) is 2.20. The number of H-pyrrole nitrogens is 1. The molecule has 2 aromatic rings. The Morgan fingerprint density at radius 1 is 1.47 bits per heavy atom. The molecule has 2 heterocycles. The average Bonchev–Trinajstić information content (AvgIpc) is 2.74. The van der Waals surface area contributed by atoms with Gasteiger partial charge in [-0.3, -0.25) is 9.82 Å². The van der Waals surface area contributed by atoms with E-state index < -0.39 is 10.0 Å². The fraction of sp³-hybridized carbons (Fsp3) is 0.250. The van der Waals surface area contributed by atoms with Crippen LogP contribution in [-0.2, 0) is 10.0 Å². The summed E-state index contributed by atoms with van der Waals surface area (Å²) in [6.45, 7) is 3.10. The highest BCUT2D eigenvalue weighted by atomic mass is 79.9. The van der Waals surface area contributed by atoms with Gasteiger partial charge in [-0.1, -0.05) is 5.16 Å². The van der Waals surface area contributed by atoms with E-state index in [1.807, 2.05) is 0 Å². The van der Waals surface area contributed by atoms with Crippen molar-refractivity contribution in [3.8, 4) is 0 Å². The Hall–Kier alpha value is -1.35. The Kier molecular flexibility index (Phi) is 2.96. The lowest BCUT2D eigenvalue weighted by Crippen LogP contribution is -2.15. The zero-order chi connectivity index (χ0) is 12.6.